The van der Waals surface area contributed by atoms with E-state index in [1.807, 2.05) is 41.1 Å². The Hall–Kier alpha value is -2.92. The molecule has 0 aliphatic carbocycles. The molecule has 0 radical (unpaired) electrons. The molecule has 0 aliphatic rings. The van der Waals surface area contributed by atoms with Crippen molar-refractivity contribution in [3.8, 4) is 28.1 Å². The number of nitrogens with one attached hydrogen (secondary N) is 1. The fourth-order valence-electron chi connectivity index (χ4n) is 2.87. The zero-order valence-corrected chi connectivity index (χ0v) is 14.8. The van der Waals surface area contributed by atoms with Gasteiger partial charge >= 0.3 is 0 Å². The quantitative estimate of drug-likeness (QED) is 0.528. The lowest BCUT2D eigenvalue weighted by atomic mass is 10.1. The van der Waals surface area contributed by atoms with Gasteiger partial charge in [-0.05, 0) is 42.4 Å². The van der Waals surface area contributed by atoms with E-state index in [9.17, 15) is 0 Å². The monoisotopic (exact) mass is 347 g/mol. The van der Waals surface area contributed by atoms with Gasteiger partial charge in [-0.3, -0.25) is 4.40 Å². The Morgan fingerprint density at radius 1 is 1.00 bits per heavy atom. The number of hydrogen-bond acceptors (Lipinski definition) is 3. The van der Waals surface area contributed by atoms with Crippen molar-refractivity contribution in [2.45, 2.75) is 6.92 Å². The molecule has 1 N–H and O–H groups in total. The minimum absolute atomic E-state index is 0.530. The Morgan fingerprint density at radius 3 is 2.36 bits per heavy atom. The molecule has 0 saturated heterocycles. The van der Waals surface area contributed by atoms with Crippen LogP contribution in [0.1, 0.15) is 5.56 Å². The summed E-state index contributed by atoms with van der Waals surface area (Å²) < 4.78 is 7.69. The number of ether oxygens (including phenoxy) is 1. The highest BCUT2D eigenvalue weighted by Gasteiger charge is 2.10. The van der Waals surface area contributed by atoms with E-state index >= 15 is 0 Å². The minimum atomic E-state index is 0.530. The van der Waals surface area contributed by atoms with Crippen LogP contribution in [0.5, 0.6) is 5.75 Å². The smallest absolute Gasteiger partial charge is 0.205 e. The summed E-state index contributed by atoms with van der Waals surface area (Å²) in [5.41, 5.74) is 6.34. The van der Waals surface area contributed by atoms with Crippen molar-refractivity contribution < 1.29 is 4.74 Å². The van der Waals surface area contributed by atoms with Crippen molar-refractivity contribution in [2.24, 2.45) is 0 Å². The molecule has 0 bridgehead atoms. The predicted molar refractivity (Wildman–Crippen MR) is 103 cm³/mol. The van der Waals surface area contributed by atoms with Gasteiger partial charge in [0.25, 0.3) is 0 Å². The molecular weight excluding hydrogens is 330 g/mol. The zero-order chi connectivity index (χ0) is 17.4. The van der Waals surface area contributed by atoms with Crippen molar-refractivity contribution in [3.05, 3.63) is 71.3 Å². The van der Waals surface area contributed by atoms with Gasteiger partial charge in [-0.2, -0.15) is 0 Å². The number of hydrogen-bond donors (Lipinski definition) is 1. The highest BCUT2D eigenvalue weighted by molar-refractivity contribution is 7.71. The second-order valence-electron chi connectivity index (χ2n) is 5.94. The molecule has 124 valence electrons. The van der Waals surface area contributed by atoms with Crippen LogP contribution in [0, 0.1) is 11.7 Å². The van der Waals surface area contributed by atoms with Gasteiger partial charge in [0.05, 0.1) is 12.8 Å². The van der Waals surface area contributed by atoms with Gasteiger partial charge in [0.1, 0.15) is 11.4 Å². The number of benzene rings is 2. The Morgan fingerprint density at radius 2 is 1.68 bits per heavy atom. The van der Waals surface area contributed by atoms with Crippen LogP contribution >= 0.6 is 12.2 Å². The summed E-state index contributed by atoms with van der Waals surface area (Å²) >= 11 is 5.40. The highest BCUT2D eigenvalue weighted by Crippen LogP contribution is 2.28. The van der Waals surface area contributed by atoms with Crippen molar-refractivity contribution in [1.82, 2.24) is 14.4 Å². The third-order valence-electron chi connectivity index (χ3n) is 4.28. The van der Waals surface area contributed by atoms with E-state index in [1.54, 1.807) is 7.11 Å². The summed E-state index contributed by atoms with van der Waals surface area (Å²) in [5, 5.41) is 0. The maximum atomic E-state index is 5.40. The molecule has 4 nitrogen and oxygen atoms in total. The molecule has 4 aromatic rings. The normalized spacial score (nSPS) is 11.0. The lowest BCUT2D eigenvalue weighted by Gasteiger charge is -2.05. The summed E-state index contributed by atoms with van der Waals surface area (Å²) in [4.78, 5) is 7.87. The number of nitrogens with zero attached hydrogens (tertiary/aromatic N) is 2. The predicted octanol–water partition coefficient (Wildman–Crippen LogP) is 5.04. The SMILES string of the molecule is COc1ccc(-c2cnc(=S)n3cc(-c4ccc(C)cc4)[nH]c23)cc1. The largest absolute Gasteiger partial charge is 0.497 e. The molecule has 0 fully saturated rings. The van der Waals surface area contributed by atoms with Crippen LogP contribution in [0.2, 0.25) is 0 Å². The van der Waals surface area contributed by atoms with Crippen LogP contribution in [-0.4, -0.2) is 21.5 Å². The van der Waals surface area contributed by atoms with E-state index in [2.05, 4.69) is 41.2 Å². The van der Waals surface area contributed by atoms with E-state index in [-0.39, 0.29) is 0 Å². The second kappa shape index (κ2) is 6.18. The maximum Gasteiger partial charge on any atom is 0.205 e. The average Bonchev–Trinajstić information content (AvgIpc) is 3.09. The minimum Gasteiger partial charge on any atom is -0.497 e. The number of methoxy groups -OCH3 is 1. The number of aromatic nitrogens is 3. The molecule has 25 heavy (non-hydrogen) atoms. The van der Waals surface area contributed by atoms with E-state index < -0.39 is 0 Å². The molecule has 0 spiro atoms. The molecule has 5 heteroatoms. The number of aryl methyl sites for hydroxylation is 1. The molecule has 0 saturated carbocycles. The Labute approximate surface area is 150 Å². The summed E-state index contributed by atoms with van der Waals surface area (Å²) in [7, 11) is 1.66. The fourth-order valence-corrected chi connectivity index (χ4v) is 3.06. The lowest BCUT2D eigenvalue weighted by molar-refractivity contribution is 0.415. The first-order valence-electron chi connectivity index (χ1n) is 7.97. The first-order chi connectivity index (χ1) is 12.2. The van der Waals surface area contributed by atoms with Crippen LogP contribution < -0.4 is 4.74 Å². The molecule has 2 aromatic carbocycles. The fraction of sp³-hybridized carbons (Fsp3) is 0.100. The maximum absolute atomic E-state index is 5.40. The summed E-state index contributed by atoms with van der Waals surface area (Å²) in [6.45, 7) is 2.08. The number of fused-ring (bicyclic) bond motifs is 1. The van der Waals surface area contributed by atoms with Gasteiger partial charge < -0.3 is 9.72 Å². The average molecular weight is 347 g/mol. The number of aromatic amines is 1. The molecule has 2 heterocycles. The first-order valence-corrected chi connectivity index (χ1v) is 8.38. The molecule has 2 aromatic heterocycles. The summed E-state index contributed by atoms with van der Waals surface area (Å²) in [6, 6.07) is 16.3. The first kappa shape index (κ1) is 15.6. The van der Waals surface area contributed by atoms with Crippen molar-refractivity contribution in [2.75, 3.05) is 7.11 Å². The van der Waals surface area contributed by atoms with Crippen LogP contribution in [0.25, 0.3) is 28.0 Å². The third kappa shape index (κ3) is 2.83. The zero-order valence-electron chi connectivity index (χ0n) is 14.0. The van der Waals surface area contributed by atoms with E-state index in [4.69, 9.17) is 17.0 Å². The second-order valence-corrected chi connectivity index (χ2v) is 6.30. The standard InChI is InChI=1S/C20H17N3OS/c1-13-3-5-15(6-4-13)18-12-23-19(22-18)17(11-21-20(23)25)14-7-9-16(24-2)10-8-14/h3-12,22H,1-2H3. The van der Waals surface area contributed by atoms with Crippen LogP contribution in [0.15, 0.2) is 60.9 Å². The summed E-state index contributed by atoms with van der Waals surface area (Å²) in [5.74, 6) is 0.826. The van der Waals surface area contributed by atoms with Crippen LogP contribution in [0.3, 0.4) is 0 Å². The van der Waals surface area contributed by atoms with Crippen molar-refractivity contribution in [3.63, 3.8) is 0 Å². The van der Waals surface area contributed by atoms with Gasteiger partial charge in [0.2, 0.25) is 4.77 Å². The molecule has 0 unspecified atom stereocenters. The Kier molecular flexibility index (Phi) is 3.86. The Bertz CT molecular complexity index is 1090. The lowest BCUT2D eigenvalue weighted by Crippen LogP contribution is -1.92. The summed E-state index contributed by atoms with van der Waals surface area (Å²) in [6.07, 6.45) is 3.82. The number of imidazole rings is 1. The van der Waals surface area contributed by atoms with Crippen LogP contribution in [-0.2, 0) is 0 Å². The van der Waals surface area contributed by atoms with E-state index in [1.165, 1.54) is 5.56 Å². The van der Waals surface area contributed by atoms with Gasteiger partial charge in [-0.15, -0.1) is 0 Å². The molecule has 0 amide bonds. The van der Waals surface area contributed by atoms with E-state index in [0.717, 1.165) is 33.8 Å². The van der Waals surface area contributed by atoms with Crippen molar-refractivity contribution in [1.29, 1.82) is 0 Å². The highest BCUT2D eigenvalue weighted by atomic mass is 32.1. The third-order valence-corrected chi connectivity index (χ3v) is 4.58. The van der Waals surface area contributed by atoms with E-state index in [0.29, 0.717) is 4.77 Å². The number of rotatable bonds is 3. The van der Waals surface area contributed by atoms with Crippen molar-refractivity contribution >= 4 is 17.9 Å². The van der Waals surface area contributed by atoms with Gasteiger partial charge in [0.15, 0.2) is 0 Å². The Balaban J connectivity index is 1.89. The molecular formula is C20H17N3OS. The van der Waals surface area contributed by atoms with Gasteiger partial charge in [0, 0.05) is 18.0 Å². The van der Waals surface area contributed by atoms with Crippen LogP contribution in [0.4, 0.5) is 0 Å². The topological polar surface area (TPSA) is 42.3 Å². The molecule has 0 aliphatic heterocycles. The van der Waals surface area contributed by atoms with Gasteiger partial charge in [-0.25, -0.2) is 4.98 Å². The van der Waals surface area contributed by atoms with Gasteiger partial charge in [-0.1, -0.05) is 42.0 Å². The molecule has 0 atom stereocenters. The number of H-pyrrole nitrogens is 1. The molecule has 4 rings (SSSR count).